The van der Waals surface area contributed by atoms with Crippen LogP contribution in [0.15, 0.2) is 24.3 Å². The van der Waals surface area contributed by atoms with Crippen molar-refractivity contribution in [2.24, 2.45) is 0 Å². The minimum atomic E-state index is -0.166. The van der Waals surface area contributed by atoms with Crippen molar-refractivity contribution >= 4 is 17.7 Å². The molecular weight excluding hydrogens is 274 g/mol. The highest BCUT2D eigenvalue weighted by molar-refractivity contribution is 8.01. The molecule has 1 heterocycles. The Balaban J connectivity index is 1.72. The number of aromatic hydroxyl groups is 1. The molecule has 20 heavy (non-hydrogen) atoms. The second kappa shape index (κ2) is 5.30. The van der Waals surface area contributed by atoms with Gasteiger partial charge >= 0.3 is 0 Å². The lowest BCUT2D eigenvalue weighted by atomic mass is 10.1. The summed E-state index contributed by atoms with van der Waals surface area (Å²) in [4.78, 5) is 14.5. The van der Waals surface area contributed by atoms with E-state index in [1.54, 1.807) is 30.0 Å². The molecule has 4 nitrogen and oxygen atoms in total. The number of phenolic OH excluding ortho intramolecular Hbond substituents is 1. The van der Waals surface area contributed by atoms with Crippen LogP contribution in [-0.4, -0.2) is 46.6 Å². The number of phenols is 1. The molecule has 1 aliphatic carbocycles. The third-order valence-corrected chi connectivity index (χ3v) is 5.44. The van der Waals surface area contributed by atoms with Crippen LogP contribution in [0, 0.1) is 0 Å². The van der Waals surface area contributed by atoms with E-state index in [9.17, 15) is 9.90 Å². The van der Waals surface area contributed by atoms with Gasteiger partial charge in [0.25, 0.3) is 0 Å². The molecule has 1 aliphatic heterocycles. The van der Waals surface area contributed by atoms with Crippen molar-refractivity contribution in [1.29, 1.82) is 0 Å². The summed E-state index contributed by atoms with van der Waals surface area (Å²) < 4.78 is 5.59. The topological polar surface area (TPSA) is 49.8 Å². The van der Waals surface area contributed by atoms with Crippen molar-refractivity contribution in [1.82, 2.24) is 4.90 Å². The number of morpholine rings is 1. The summed E-state index contributed by atoms with van der Waals surface area (Å²) in [6, 6.07) is 7.08. The average molecular weight is 293 g/mol. The summed E-state index contributed by atoms with van der Waals surface area (Å²) in [5, 5.41) is 9.56. The van der Waals surface area contributed by atoms with Crippen molar-refractivity contribution in [3.8, 4) is 5.75 Å². The van der Waals surface area contributed by atoms with Gasteiger partial charge in [0, 0.05) is 6.54 Å². The first-order valence-corrected chi connectivity index (χ1v) is 8.12. The van der Waals surface area contributed by atoms with Crippen LogP contribution < -0.4 is 0 Å². The molecule has 0 radical (unpaired) electrons. The van der Waals surface area contributed by atoms with Crippen molar-refractivity contribution in [2.75, 3.05) is 26.0 Å². The third kappa shape index (κ3) is 2.52. The molecule has 1 saturated carbocycles. The molecule has 5 heteroatoms. The van der Waals surface area contributed by atoms with Crippen molar-refractivity contribution in [3.05, 3.63) is 29.8 Å². The summed E-state index contributed by atoms with van der Waals surface area (Å²) in [5.74, 6) is 0.482. The van der Waals surface area contributed by atoms with Gasteiger partial charge in [0.2, 0.25) is 5.91 Å². The number of thioether (sulfide) groups is 1. The second-order valence-electron chi connectivity index (χ2n) is 5.40. The van der Waals surface area contributed by atoms with Gasteiger partial charge in [-0.15, -0.1) is 11.8 Å². The van der Waals surface area contributed by atoms with Crippen molar-refractivity contribution < 1.29 is 14.6 Å². The van der Waals surface area contributed by atoms with E-state index in [0.29, 0.717) is 19.7 Å². The Morgan fingerprint density at radius 2 is 2.30 bits per heavy atom. The molecule has 108 valence electrons. The molecule has 1 unspecified atom stereocenters. The molecule has 0 bridgehead atoms. The molecule has 1 saturated heterocycles. The third-order valence-electron chi connectivity index (χ3n) is 4.08. The zero-order valence-corrected chi connectivity index (χ0v) is 12.4. The monoisotopic (exact) mass is 293 g/mol. The molecule has 1 atom stereocenters. The fourth-order valence-corrected chi connectivity index (χ4v) is 3.48. The van der Waals surface area contributed by atoms with E-state index in [0.717, 1.165) is 18.4 Å². The van der Waals surface area contributed by atoms with Gasteiger partial charge in [-0.25, -0.2) is 0 Å². The highest BCUT2D eigenvalue weighted by Crippen LogP contribution is 2.48. The number of ether oxygens (including phenoxy) is 1. The maximum atomic E-state index is 12.6. The molecule has 0 aromatic heterocycles. The van der Waals surface area contributed by atoms with Gasteiger partial charge in [-0.05, 0) is 36.8 Å². The molecule has 2 fully saturated rings. The van der Waals surface area contributed by atoms with Crippen LogP contribution in [-0.2, 0) is 9.53 Å². The van der Waals surface area contributed by atoms with Gasteiger partial charge < -0.3 is 14.7 Å². The van der Waals surface area contributed by atoms with Crippen molar-refractivity contribution in [2.45, 2.75) is 23.7 Å². The highest BCUT2D eigenvalue weighted by atomic mass is 32.2. The van der Waals surface area contributed by atoms with E-state index < -0.39 is 0 Å². The van der Waals surface area contributed by atoms with Crippen LogP contribution in [0.3, 0.4) is 0 Å². The first-order valence-electron chi connectivity index (χ1n) is 6.90. The first-order chi connectivity index (χ1) is 9.64. The first kappa shape index (κ1) is 13.8. The van der Waals surface area contributed by atoms with E-state index in [1.807, 2.05) is 17.2 Å². The van der Waals surface area contributed by atoms with Gasteiger partial charge in [-0.3, -0.25) is 4.79 Å². The quantitative estimate of drug-likeness (QED) is 0.928. The highest BCUT2D eigenvalue weighted by Gasteiger charge is 2.51. The van der Waals surface area contributed by atoms with Crippen molar-refractivity contribution in [3.63, 3.8) is 0 Å². The second-order valence-corrected chi connectivity index (χ2v) is 6.59. The number of rotatable bonds is 3. The predicted octanol–water partition coefficient (Wildman–Crippen LogP) is 2.19. The normalized spacial score (nSPS) is 24.4. The lowest BCUT2D eigenvalue weighted by Crippen LogP contribution is -2.46. The largest absolute Gasteiger partial charge is 0.508 e. The predicted molar refractivity (Wildman–Crippen MR) is 78.9 cm³/mol. The van der Waals surface area contributed by atoms with E-state index in [-0.39, 0.29) is 22.5 Å². The van der Waals surface area contributed by atoms with Gasteiger partial charge in [0.15, 0.2) is 0 Å². The Labute approximate surface area is 123 Å². The zero-order valence-electron chi connectivity index (χ0n) is 11.5. The Hall–Kier alpha value is -1.20. The molecule has 1 amide bonds. The Morgan fingerprint density at radius 3 is 2.95 bits per heavy atom. The number of carbonyl (C=O) groups is 1. The molecule has 0 spiro atoms. The van der Waals surface area contributed by atoms with Gasteiger partial charge in [0.1, 0.15) is 11.9 Å². The molecular formula is C15H19NO3S. The molecule has 3 rings (SSSR count). The SMILES string of the molecule is CSC1(C(=O)N2CCOC(c3cccc(O)c3)C2)CC1. The smallest absolute Gasteiger partial charge is 0.238 e. The van der Waals surface area contributed by atoms with Crippen LogP contribution in [0.4, 0.5) is 0 Å². The maximum Gasteiger partial charge on any atom is 0.238 e. The van der Waals surface area contributed by atoms with E-state index >= 15 is 0 Å². The minimum Gasteiger partial charge on any atom is -0.508 e. The number of carbonyl (C=O) groups excluding carboxylic acids is 1. The number of hydrogen-bond donors (Lipinski definition) is 1. The van der Waals surface area contributed by atoms with Crippen LogP contribution in [0.2, 0.25) is 0 Å². The Kier molecular flexibility index (Phi) is 3.65. The van der Waals surface area contributed by atoms with Crippen LogP contribution >= 0.6 is 11.8 Å². The summed E-state index contributed by atoms with van der Waals surface area (Å²) in [6.07, 6.45) is 3.85. The van der Waals surface area contributed by atoms with Crippen LogP contribution in [0.5, 0.6) is 5.75 Å². The fraction of sp³-hybridized carbons (Fsp3) is 0.533. The van der Waals surface area contributed by atoms with Crippen LogP contribution in [0.25, 0.3) is 0 Å². The lowest BCUT2D eigenvalue weighted by Gasteiger charge is -2.35. The molecule has 1 aromatic rings. The van der Waals surface area contributed by atoms with E-state index in [4.69, 9.17) is 4.74 Å². The summed E-state index contributed by atoms with van der Waals surface area (Å²) >= 11 is 1.67. The van der Waals surface area contributed by atoms with Gasteiger partial charge in [-0.1, -0.05) is 12.1 Å². The lowest BCUT2D eigenvalue weighted by molar-refractivity contribution is -0.139. The molecule has 1 N–H and O–H groups in total. The van der Waals surface area contributed by atoms with E-state index in [2.05, 4.69) is 0 Å². The number of hydrogen-bond acceptors (Lipinski definition) is 4. The molecule has 2 aliphatic rings. The standard InChI is InChI=1S/C15H19NO3S/c1-20-15(5-6-15)14(18)16-7-8-19-13(10-16)11-3-2-4-12(17)9-11/h2-4,9,13,17H,5-8,10H2,1H3. The zero-order chi connectivity index (χ0) is 14.2. The minimum absolute atomic E-state index is 0.141. The Morgan fingerprint density at radius 1 is 1.50 bits per heavy atom. The maximum absolute atomic E-state index is 12.6. The summed E-state index contributed by atoms with van der Waals surface area (Å²) in [6.45, 7) is 1.79. The van der Waals surface area contributed by atoms with Gasteiger partial charge in [0.05, 0.1) is 17.9 Å². The van der Waals surface area contributed by atoms with Gasteiger partial charge in [-0.2, -0.15) is 0 Å². The van der Waals surface area contributed by atoms with E-state index in [1.165, 1.54) is 0 Å². The number of benzene rings is 1. The Bertz CT molecular complexity index is 516. The summed E-state index contributed by atoms with van der Waals surface area (Å²) in [5.41, 5.74) is 0.927. The van der Waals surface area contributed by atoms with Crippen LogP contribution in [0.1, 0.15) is 24.5 Å². The number of nitrogens with zero attached hydrogens (tertiary/aromatic N) is 1. The summed E-state index contributed by atoms with van der Waals surface area (Å²) in [7, 11) is 0. The number of amides is 1. The average Bonchev–Trinajstić information content (AvgIpc) is 3.28. The molecule has 1 aromatic carbocycles. The fourth-order valence-electron chi connectivity index (χ4n) is 2.67.